The molecule has 4 rings (SSSR count). The van der Waals surface area contributed by atoms with E-state index in [0.717, 1.165) is 38.4 Å². The van der Waals surface area contributed by atoms with E-state index in [4.69, 9.17) is 0 Å². The highest BCUT2D eigenvalue weighted by Gasteiger charge is 2.17. The lowest BCUT2D eigenvalue weighted by Crippen LogP contribution is -2.45. The van der Waals surface area contributed by atoms with E-state index >= 15 is 0 Å². The molecule has 3 aromatic rings. The molecule has 0 aliphatic carbocycles. The second kappa shape index (κ2) is 8.72. The number of benzene rings is 3. The number of rotatable bonds is 5. The summed E-state index contributed by atoms with van der Waals surface area (Å²) in [6.07, 6.45) is 0. The van der Waals surface area contributed by atoms with Crippen molar-refractivity contribution < 1.29 is 4.79 Å². The van der Waals surface area contributed by atoms with Gasteiger partial charge in [-0.15, -0.1) is 0 Å². The van der Waals surface area contributed by atoms with Crippen LogP contribution in [0.3, 0.4) is 0 Å². The van der Waals surface area contributed by atoms with Crippen molar-refractivity contribution >= 4 is 17.3 Å². The fraction of sp³-hybridized carbons (Fsp3) is 0.208. The Morgan fingerprint density at radius 1 is 0.750 bits per heavy atom. The quantitative estimate of drug-likeness (QED) is 0.728. The fourth-order valence-electron chi connectivity index (χ4n) is 3.55. The zero-order valence-corrected chi connectivity index (χ0v) is 15.9. The standard InChI is InChI=1S/C24H25N3O/c28-24(25-22-7-3-1-4-8-22)21-13-11-20(12-14-21)19-26-15-17-27(18-16-26)23-9-5-2-6-10-23/h1-14H,15-19H2,(H,25,28). The molecule has 0 unspecified atom stereocenters. The molecule has 0 spiro atoms. The monoisotopic (exact) mass is 371 g/mol. The topological polar surface area (TPSA) is 35.6 Å². The summed E-state index contributed by atoms with van der Waals surface area (Å²) >= 11 is 0. The van der Waals surface area contributed by atoms with Crippen LogP contribution in [0.2, 0.25) is 0 Å². The van der Waals surface area contributed by atoms with Crippen LogP contribution >= 0.6 is 0 Å². The van der Waals surface area contributed by atoms with Gasteiger partial charge in [0.05, 0.1) is 0 Å². The molecule has 1 saturated heterocycles. The average Bonchev–Trinajstić information content (AvgIpc) is 2.76. The number of para-hydroxylation sites is 2. The zero-order chi connectivity index (χ0) is 19.2. The van der Waals surface area contributed by atoms with Crippen LogP contribution in [-0.4, -0.2) is 37.0 Å². The predicted molar refractivity (Wildman–Crippen MR) is 115 cm³/mol. The Labute approximate surface area is 166 Å². The van der Waals surface area contributed by atoms with Crippen LogP contribution in [0.15, 0.2) is 84.9 Å². The van der Waals surface area contributed by atoms with Gasteiger partial charge in [0, 0.05) is 49.7 Å². The highest BCUT2D eigenvalue weighted by atomic mass is 16.1. The minimum absolute atomic E-state index is 0.0748. The summed E-state index contributed by atoms with van der Waals surface area (Å²) < 4.78 is 0. The molecule has 1 aliphatic heterocycles. The van der Waals surface area contributed by atoms with Crippen LogP contribution < -0.4 is 10.2 Å². The van der Waals surface area contributed by atoms with Crippen molar-refractivity contribution in [3.63, 3.8) is 0 Å². The highest BCUT2D eigenvalue weighted by Crippen LogP contribution is 2.17. The van der Waals surface area contributed by atoms with Crippen LogP contribution in [0, 0.1) is 0 Å². The van der Waals surface area contributed by atoms with E-state index in [0.29, 0.717) is 5.56 Å². The molecular formula is C24H25N3O. The predicted octanol–water partition coefficient (Wildman–Crippen LogP) is 4.26. The van der Waals surface area contributed by atoms with E-state index in [9.17, 15) is 4.79 Å². The third-order valence-electron chi connectivity index (χ3n) is 5.15. The first-order chi connectivity index (χ1) is 13.8. The number of amides is 1. The van der Waals surface area contributed by atoms with E-state index in [1.54, 1.807) is 0 Å². The Morgan fingerprint density at radius 3 is 2.00 bits per heavy atom. The minimum atomic E-state index is -0.0748. The minimum Gasteiger partial charge on any atom is -0.369 e. The molecule has 1 amide bonds. The first kappa shape index (κ1) is 18.3. The Kier molecular flexibility index (Phi) is 5.69. The molecule has 0 radical (unpaired) electrons. The number of piperazine rings is 1. The van der Waals surface area contributed by atoms with E-state index < -0.39 is 0 Å². The number of hydrogen-bond acceptors (Lipinski definition) is 3. The van der Waals surface area contributed by atoms with Crippen molar-refractivity contribution in [3.05, 3.63) is 96.1 Å². The molecule has 1 fully saturated rings. The molecule has 1 heterocycles. The van der Waals surface area contributed by atoms with Crippen LogP contribution in [0.4, 0.5) is 11.4 Å². The second-order valence-electron chi connectivity index (χ2n) is 7.12. The van der Waals surface area contributed by atoms with Gasteiger partial charge < -0.3 is 10.2 Å². The van der Waals surface area contributed by atoms with Crippen molar-refractivity contribution in [2.75, 3.05) is 36.4 Å². The zero-order valence-electron chi connectivity index (χ0n) is 15.9. The van der Waals surface area contributed by atoms with Crippen molar-refractivity contribution in [2.45, 2.75) is 6.54 Å². The summed E-state index contributed by atoms with van der Waals surface area (Å²) in [6.45, 7) is 5.10. The molecule has 142 valence electrons. The summed E-state index contributed by atoms with van der Waals surface area (Å²) in [5.74, 6) is -0.0748. The number of nitrogens with zero attached hydrogens (tertiary/aromatic N) is 2. The van der Waals surface area contributed by atoms with Gasteiger partial charge in [-0.3, -0.25) is 9.69 Å². The molecule has 4 heteroatoms. The van der Waals surface area contributed by atoms with Crippen LogP contribution in [0.5, 0.6) is 0 Å². The van der Waals surface area contributed by atoms with Gasteiger partial charge in [-0.2, -0.15) is 0 Å². The number of carbonyl (C=O) groups is 1. The molecule has 1 aliphatic rings. The lowest BCUT2D eigenvalue weighted by atomic mass is 10.1. The van der Waals surface area contributed by atoms with Crippen LogP contribution in [0.1, 0.15) is 15.9 Å². The number of anilines is 2. The Bertz CT molecular complexity index is 886. The van der Waals surface area contributed by atoms with Crippen molar-refractivity contribution in [2.24, 2.45) is 0 Å². The fourth-order valence-corrected chi connectivity index (χ4v) is 3.55. The van der Waals surface area contributed by atoms with Gasteiger partial charge in [0.25, 0.3) is 5.91 Å². The first-order valence-electron chi connectivity index (χ1n) is 9.76. The van der Waals surface area contributed by atoms with Crippen molar-refractivity contribution in [3.8, 4) is 0 Å². The van der Waals surface area contributed by atoms with Crippen molar-refractivity contribution in [1.29, 1.82) is 0 Å². The second-order valence-corrected chi connectivity index (χ2v) is 7.12. The molecule has 3 aromatic carbocycles. The van der Waals surface area contributed by atoms with Gasteiger partial charge in [-0.05, 0) is 42.0 Å². The number of nitrogens with one attached hydrogen (secondary N) is 1. The summed E-state index contributed by atoms with van der Waals surface area (Å²) in [6, 6.07) is 28.1. The van der Waals surface area contributed by atoms with Crippen molar-refractivity contribution in [1.82, 2.24) is 4.90 Å². The van der Waals surface area contributed by atoms with E-state index in [-0.39, 0.29) is 5.91 Å². The Morgan fingerprint density at radius 2 is 1.36 bits per heavy atom. The normalized spacial score (nSPS) is 14.6. The molecular weight excluding hydrogens is 346 g/mol. The third-order valence-corrected chi connectivity index (χ3v) is 5.15. The highest BCUT2D eigenvalue weighted by molar-refractivity contribution is 6.04. The molecule has 1 N–H and O–H groups in total. The summed E-state index contributed by atoms with van der Waals surface area (Å²) in [7, 11) is 0. The number of carbonyl (C=O) groups excluding carboxylic acids is 1. The van der Waals surface area contributed by atoms with E-state index in [2.05, 4.69) is 57.6 Å². The van der Waals surface area contributed by atoms with Crippen LogP contribution in [-0.2, 0) is 6.54 Å². The summed E-state index contributed by atoms with van der Waals surface area (Å²) in [5.41, 5.74) is 4.04. The lowest BCUT2D eigenvalue weighted by molar-refractivity contribution is 0.102. The molecule has 0 saturated carbocycles. The number of hydrogen-bond donors (Lipinski definition) is 1. The molecule has 0 bridgehead atoms. The SMILES string of the molecule is O=C(Nc1ccccc1)c1ccc(CN2CCN(c3ccccc3)CC2)cc1. The van der Waals surface area contributed by atoms with Gasteiger partial charge in [-0.1, -0.05) is 48.5 Å². The van der Waals surface area contributed by atoms with Gasteiger partial charge >= 0.3 is 0 Å². The molecule has 0 atom stereocenters. The van der Waals surface area contributed by atoms with E-state index in [1.165, 1.54) is 11.3 Å². The largest absolute Gasteiger partial charge is 0.369 e. The van der Waals surface area contributed by atoms with Crippen LogP contribution in [0.25, 0.3) is 0 Å². The molecule has 0 aromatic heterocycles. The summed E-state index contributed by atoms with van der Waals surface area (Å²) in [5, 5.41) is 2.92. The maximum atomic E-state index is 12.4. The van der Waals surface area contributed by atoms with E-state index in [1.807, 2.05) is 42.5 Å². The molecule has 28 heavy (non-hydrogen) atoms. The smallest absolute Gasteiger partial charge is 0.255 e. The average molecular weight is 371 g/mol. The Hall–Kier alpha value is -3.11. The summed E-state index contributed by atoms with van der Waals surface area (Å²) in [4.78, 5) is 17.3. The van der Waals surface area contributed by atoms with Gasteiger partial charge in [0.2, 0.25) is 0 Å². The third kappa shape index (κ3) is 4.59. The maximum absolute atomic E-state index is 12.4. The van der Waals surface area contributed by atoms with Gasteiger partial charge in [0.1, 0.15) is 0 Å². The molecule has 4 nitrogen and oxygen atoms in total. The van der Waals surface area contributed by atoms with Gasteiger partial charge in [-0.25, -0.2) is 0 Å². The maximum Gasteiger partial charge on any atom is 0.255 e. The van der Waals surface area contributed by atoms with Gasteiger partial charge in [0.15, 0.2) is 0 Å². The Balaban J connectivity index is 1.30. The first-order valence-corrected chi connectivity index (χ1v) is 9.76. The lowest BCUT2D eigenvalue weighted by Gasteiger charge is -2.36.